The van der Waals surface area contributed by atoms with Crippen molar-refractivity contribution in [2.24, 2.45) is 5.92 Å². The van der Waals surface area contributed by atoms with Crippen LogP contribution in [0.2, 0.25) is 0 Å². The molecule has 1 aromatic heterocycles. The zero-order valence-corrected chi connectivity index (χ0v) is 24.9. The van der Waals surface area contributed by atoms with Crippen molar-refractivity contribution in [2.75, 3.05) is 19.9 Å². The molecule has 1 aromatic carbocycles. The maximum Gasteiger partial charge on any atom is 0.417 e. The van der Waals surface area contributed by atoms with E-state index in [1.54, 1.807) is 0 Å². The van der Waals surface area contributed by atoms with E-state index >= 15 is 0 Å². The fourth-order valence-corrected chi connectivity index (χ4v) is 8.04. The largest absolute Gasteiger partial charge is 0.417 e. The lowest BCUT2D eigenvalue weighted by Crippen LogP contribution is -2.44. The lowest BCUT2D eigenvalue weighted by atomic mass is 9.85. The number of carbonyl (C=O) groups excluding carboxylic acids is 1. The van der Waals surface area contributed by atoms with E-state index in [9.17, 15) is 30.8 Å². The highest BCUT2D eigenvalue weighted by molar-refractivity contribution is 7.89. The van der Waals surface area contributed by atoms with E-state index in [0.29, 0.717) is 49.0 Å². The topological polar surface area (TPSA) is 97.4 Å². The molecule has 7 nitrogen and oxygen atoms in total. The van der Waals surface area contributed by atoms with Crippen LogP contribution in [0.15, 0.2) is 23.1 Å². The molecule has 1 amide bonds. The summed E-state index contributed by atoms with van der Waals surface area (Å²) in [4.78, 5) is 17.2. The van der Waals surface area contributed by atoms with E-state index in [4.69, 9.17) is 4.74 Å². The maximum absolute atomic E-state index is 14.3. The molecule has 0 bridgehead atoms. The number of sulfonamides is 1. The van der Waals surface area contributed by atoms with Crippen LogP contribution in [0.3, 0.4) is 0 Å². The van der Waals surface area contributed by atoms with Crippen molar-refractivity contribution in [3.8, 4) is 10.4 Å². The van der Waals surface area contributed by atoms with Gasteiger partial charge in [0.2, 0.25) is 10.0 Å². The molecule has 13 heteroatoms. The molecule has 2 heterocycles. The number of aromatic nitrogens is 1. The second-order valence-corrected chi connectivity index (χ2v) is 14.2. The van der Waals surface area contributed by atoms with E-state index in [1.165, 1.54) is 19.9 Å². The van der Waals surface area contributed by atoms with Gasteiger partial charge in [-0.2, -0.15) is 13.2 Å². The Labute approximate surface area is 242 Å². The first kappa shape index (κ1) is 31.8. The molecule has 1 aliphatic heterocycles. The molecule has 1 saturated heterocycles. The normalized spacial score (nSPS) is 18.0. The van der Waals surface area contributed by atoms with E-state index in [-0.39, 0.29) is 28.9 Å². The summed E-state index contributed by atoms with van der Waals surface area (Å²) >= 11 is 1.02. The van der Waals surface area contributed by atoms with Crippen LogP contribution in [0.1, 0.15) is 86.3 Å². The molecule has 41 heavy (non-hydrogen) atoms. The van der Waals surface area contributed by atoms with Gasteiger partial charge in [-0.1, -0.05) is 38.2 Å². The van der Waals surface area contributed by atoms with Gasteiger partial charge in [0.15, 0.2) is 5.01 Å². The molecule has 1 saturated carbocycles. The fraction of sp³-hybridized carbons (Fsp3) is 0.643. The monoisotopic (exact) mass is 619 g/mol. The molecular weight excluding hydrogens is 582 g/mol. The SMILES string of the molecule is CC(C)(CCF)NS(=O)(=O)c1ccc(-c2sc(C(=O)NC3CCOCC3)nc2CC2CCCCC2)cc1C(F)(F)F. The Hall–Kier alpha value is -2.09. The van der Waals surface area contributed by atoms with E-state index in [1.807, 2.05) is 0 Å². The summed E-state index contributed by atoms with van der Waals surface area (Å²) in [5.41, 5.74) is -1.92. The van der Waals surface area contributed by atoms with Crippen molar-refractivity contribution < 1.29 is 35.5 Å². The predicted octanol–water partition coefficient (Wildman–Crippen LogP) is 6.28. The standard InChI is InChI=1S/C28H37F4N3O4S2/c1-27(2,12-13-29)35-41(37,38)23-9-8-19(17-21(23)28(30,31)32)24-22(16-18-6-4-3-5-7-18)34-26(40-24)25(36)33-20-10-14-39-15-11-20/h8-9,17-18,20,35H,3-7,10-16H2,1-2H3,(H,33,36). The van der Waals surface area contributed by atoms with E-state index in [0.717, 1.165) is 55.6 Å². The zero-order chi connectivity index (χ0) is 29.8. The number of rotatable bonds is 10. The Morgan fingerprint density at radius 1 is 1.10 bits per heavy atom. The first-order valence-corrected chi connectivity index (χ1v) is 16.3. The van der Waals surface area contributed by atoms with Crippen LogP contribution in [-0.2, 0) is 27.4 Å². The van der Waals surface area contributed by atoms with Gasteiger partial charge in [0.05, 0.1) is 27.7 Å². The Bertz CT molecular complexity index is 1320. The average molecular weight is 620 g/mol. The van der Waals surface area contributed by atoms with Gasteiger partial charge in [-0.05, 0) is 63.1 Å². The van der Waals surface area contributed by atoms with Gasteiger partial charge in [-0.3, -0.25) is 9.18 Å². The van der Waals surface area contributed by atoms with Crippen LogP contribution in [0.25, 0.3) is 10.4 Å². The van der Waals surface area contributed by atoms with Gasteiger partial charge in [-0.15, -0.1) is 11.3 Å². The number of amides is 1. The summed E-state index contributed by atoms with van der Waals surface area (Å²) in [7, 11) is -4.63. The number of alkyl halides is 4. The lowest BCUT2D eigenvalue weighted by molar-refractivity contribution is -0.139. The van der Waals surface area contributed by atoms with Gasteiger partial charge in [0, 0.05) is 24.8 Å². The Morgan fingerprint density at radius 3 is 2.41 bits per heavy atom. The first-order chi connectivity index (χ1) is 19.3. The van der Waals surface area contributed by atoms with Crippen molar-refractivity contribution in [3.05, 3.63) is 34.5 Å². The number of hydrogen-bond acceptors (Lipinski definition) is 6. The molecule has 2 aromatic rings. The molecule has 0 unspecified atom stereocenters. The van der Waals surface area contributed by atoms with E-state index in [2.05, 4.69) is 15.0 Å². The molecule has 0 spiro atoms. The molecule has 228 valence electrons. The minimum Gasteiger partial charge on any atom is -0.381 e. The highest BCUT2D eigenvalue weighted by Crippen LogP contribution is 2.41. The highest BCUT2D eigenvalue weighted by Gasteiger charge is 2.39. The third-order valence-corrected chi connectivity index (χ3v) is 10.5. The summed E-state index contributed by atoms with van der Waals surface area (Å²) in [6.07, 6.45) is 1.90. The van der Waals surface area contributed by atoms with Gasteiger partial charge in [0.25, 0.3) is 5.91 Å². The number of hydrogen-bond donors (Lipinski definition) is 2. The summed E-state index contributed by atoms with van der Waals surface area (Å²) in [5, 5.41) is 3.13. The Morgan fingerprint density at radius 2 is 1.78 bits per heavy atom. The number of halogens is 4. The van der Waals surface area contributed by atoms with Gasteiger partial charge >= 0.3 is 6.18 Å². The fourth-order valence-electron chi connectivity index (χ4n) is 5.40. The lowest BCUT2D eigenvalue weighted by Gasteiger charge is -2.26. The zero-order valence-electron chi connectivity index (χ0n) is 23.3. The molecule has 0 radical (unpaired) electrons. The van der Waals surface area contributed by atoms with Gasteiger partial charge < -0.3 is 10.1 Å². The highest BCUT2D eigenvalue weighted by atomic mass is 32.2. The molecule has 2 aliphatic rings. The number of benzene rings is 1. The Kier molecular flexibility index (Phi) is 10.1. The van der Waals surface area contributed by atoms with Crippen LogP contribution < -0.4 is 10.0 Å². The number of nitrogens with zero attached hydrogens (tertiary/aromatic N) is 1. The van der Waals surface area contributed by atoms with Crippen molar-refractivity contribution in [1.29, 1.82) is 0 Å². The molecule has 4 rings (SSSR count). The summed E-state index contributed by atoms with van der Waals surface area (Å²) < 4.78 is 89.4. The van der Waals surface area contributed by atoms with Crippen molar-refractivity contribution in [1.82, 2.24) is 15.0 Å². The van der Waals surface area contributed by atoms with Crippen molar-refractivity contribution in [2.45, 2.75) is 94.3 Å². The number of carbonyl (C=O) groups is 1. The molecular formula is C28H37F4N3O4S2. The van der Waals surface area contributed by atoms with Gasteiger partial charge in [-0.25, -0.2) is 18.1 Å². The molecule has 0 atom stereocenters. The number of thiazole rings is 1. The second-order valence-electron chi connectivity index (χ2n) is 11.5. The molecule has 2 N–H and O–H groups in total. The minimum atomic E-state index is -4.98. The van der Waals surface area contributed by atoms with Crippen LogP contribution in [0.4, 0.5) is 17.6 Å². The van der Waals surface area contributed by atoms with Crippen LogP contribution >= 0.6 is 11.3 Å². The van der Waals surface area contributed by atoms with Crippen LogP contribution in [-0.4, -0.2) is 50.8 Å². The van der Waals surface area contributed by atoms with Gasteiger partial charge in [0.1, 0.15) is 0 Å². The molecule has 2 fully saturated rings. The summed E-state index contributed by atoms with van der Waals surface area (Å²) in [6, 6.07) is 3.00. The number of nitrogens with one attached hydrogen (secondary N) is 2. The summed E-state index contributed by atoms with van der Waals surface area (Å²) in [6.45, 7) is 3.06. The molecule has 1 aliphatic carbocycles. The quantitative estimate of drug-likeness (QED) is 0.305. The van der Waals surface area contributed by atoms with Crippen molar-refractivity contribution in [3.63, 3.8) is 0 Å². The Balaban J connectivity index is 1.73. The predicted molar refractivity (Wildman–Crippen MR) is 149 cm³/mol. The van der Waals surface area contributed by atoms with Crippen molar-refractivity contribution >= 4 is 27.3 Å². The smallest absolute Gasteiger partial charge is 0.381 e. The summed E-state index contributed by atoms with van der Waals surface area (Å²) in [5.74, 6) is -0.0766. The third kappa shape index (κ3) is 8.26. The van der Waals surface area contributed by atoms with E-state index < -0.39 is 38.9 Å². The third-order valence-electron chi connectivity index (χ3n) is 7.62. The first-order valence-electron chi connectivity index (χ1n) is 14.0. The van der Waals surface area contributed by atoms with Crippen LogP contribution in [0, 0.1) is 5.92 Å². The minimum absolute atomic E-state index is 0.0686. The number of ether oxygens (including phenoxy) is 1. The maximum atomic E-state index is 14.3. The average Bonchev–Trinajstić information content (AvgIpc) is 3.32. The van der Waals surface area contributed by atoms with Crippen LogP contribution in [0.5, 0.6) is 0 Å². The second kappa shape index (κ2) is 13.0.